The number of carboxylic acid groups (broad SMARTS) is 1. The summed E-state index contributed by atoms with van der Waals surface area (Å²) in [5.41, 5.74) is 1.60. The van der Waals surface area contributed by atoms with Crippen molar-refractivity contribution in [3.8, 4) is 23.3 Å². The molecular formula is C40H45Cl2N3O6. The Morgan fingerprint density at radius 1 is 1.02 bits per heavy atom. The predicted molar refractivity (Wildman–Crippen MR) is 198 cm³/mol. The summed E-state index contributed by atoms with van der Waals surface area (Å²) in [6, 6.07) is 17.3. The molecule has 3 atom stereocenters. The fourth-order valence-corrected chi connectivity index (χ4v) is 6.99. The van der Waals surface area contributed by atoms with E-state index in [1.165, 1.54) is 0 Å². The number of carbonyl (C=O) groups excluding carboxylic acids is 2. The number of hydrogen-bond acceptors (Lipinski definition) is 6. The predicted octanol–water partition coefficient (Wildman–Crippen LogP) is 6.78. The van der Waals surface area contributed by atoms with Crippen molar-refractivity contribution in [3.63, 3.8) is 0 Å². The van der Waals surface area contributed by atoms with Crippen LogP contribution in [-0.4, -0.2) is 71.1 Å². The number of halogens is 2. The van der Waals surface area contributed by atoms with Gasteiger partial charge < -0.3 is 24.4 Å². The number of carboxylic acids is 1. The molecule has 0 saturated carbocycles. The van der Waals surface area contributed by atoms with Crippen LogP contribution in [0.15, 0.2) is 60.7 Å². The highest BCUT2D eigenvalue weighted by atomic mass is 35.5. The first-order valence-corrected chi connectivity index (χ1v) is 18.0. The first-order valence-electron chi connectivity index (χ1n) is 17.2. The molecule has 2 amide bonds. The van der Waals surface area contributed by atoms with Crippen LogP contribution in [-0.2, 0) is 26.5 Å². The van der Waals surface area contributed by atoms with Crippen LogP contribution in [0.5, 0.6) is 11.5 Å². The highest BCUT2D eigenvalue weighted by Crippen LogP contribution is 2.40. The van der Waals surface area contributed by atoms with E-state index in [2.05, 4.69) is 17.2 Å². The minimum atomic E-state index is -1.11. The number of nitrogens with one attached hydrogen (secondary N) is 1. The number of hydrogen-bond donors (Lipinski definition) is 2. The Labute approximate surface area is 310 Å². The average molecular weight is 735 g/mol. The molecule has 3 aromatic carbocycles. The van der Waals surface area contributed by atoms with Crippen LogP contribution in [0.25, 0.3) is 0 Å². The lowest BCUT2D eigenvalue weighted by Crippen LogP contribution is -2.73. The molecule has 2 aliphatic heterocycles. The van der Waals surface area contributed by atoms with Gasteiger partial charge in [0.05, 0.1) is 22.0 Å². The van der Waals surface area contributed by atoms with Crippen LogP contribution in [0.3, 0.4) is 0 Å². The van der Waals surface area contributed by atoms with Gasteiger partial charge in [-0.1, -0.05) is 65.4 Å². The number of likely N-dealkylation sites (N-methyl/N-ethyl adjacent to an activating group) is 1. The molecular weight excluding hydrogens is 689 g/mol. The van der Waals surface area contributed by atoms with Gasteiger partial charge in [-0.3, -0.25) is 19.7 Å². The van der Waals surface area contributed by atoms with E-state index in [0.717, 1.165) is 22.3 Å². The lowest BCUT2D eigenvalue weighted by molar-refractivity contribution is -0.155. The molecule has 1 fully saturated rings. The van der Waals surface area contributed by atoms with Crippen molar-refractivity contribution in [2.45, 2.75) is 78.0 Å². The third kappa shape index (κ3) is 8.47. The molecule has 2 heterocycles. The molecule has 5 rings (SSSR count). The van der Waals surface area contributed by atoms with E-state index in [0.29, 0.717) is 28.1 Å². The number of rotatable bonds is 14. The zero-order chi connectivity index (χ0) is 36.9. The molecule has 51 heavy (non-hydrogen) atoms. The number of aliphatic carboxylic acids is 1. The molecule has 3 aromatic rings. The van der Waals surface area contributed by atoms with E-state index < -0.39 is 23.0 Å². The highest BCUT2D eigenvalue weighted by molar-refractivity contribution is 6.32. The Bertz CT molecular complexity index is 1840. The first-order chi connectivity index (χ1) is 24.3. The van der Waals surface area contributed by atoms with Crippen molar-refractivity contribution in [2.75, 3.05) is 26.3 Å². The van der Waals surface area contributed by atoms with Crippen LogP contribution < -0.4 is 14.8 Å². The molecule has 9 nitrogen and oxygen atoms in total. The fraction of sp³-hybridized carbons (Fsp3) is 0.425. The quantitative estimate of drug-likeness (QED) is 0.139. The summed E-state index contributed by atoms with van der Waals surface area (Å²) < 4.78 is 11.9. The van der Waals surface area contributed by atoms with Crippen LogP contribution in [0.4, 0.5) is 0 Å². The van der Waals surface area contributed by atoms with Crippen LogP contribution in [0.2, 0.25) is 10.0 Å². The van der Waals surface area contributed by atoms with Gasteiger partial charge in [-0.05, 0) is 93.6 Å². The Balaban J connectivity index is 1.42. The second-order valence-corrected chi connectivity index (χ2v) is 14.7. The Morgan fingerprint density at radius 3 is 2.39 bits per heavy atom. The van der Waals surface area contributed by atoms with Crippen molar-refractivity contribution < 1.29 is 29.0 Å². The number of carbonyl (C=O) groups is 3. The van der Waals surface area contributed by atoms with E-state index in [4.69, 9.17) is 32.7 Å². The van der Waals surface area contributed by atoms with E-state index >= 15 is 0 Å². The summed E-state index contributed by atoms with van der Waals surface area (Å²) in [6.07, 6.45) is 0.370. The topological polar surface area (TPSA) is 108 Å². The number of benzene rings is 3. The summed E-state index contributed by atoms with van der Waals surface area (Å²) in [4.78, 5) is 44.1. The van der Waals surface area contributed by atoms with Gasteiger partial charge in [-0.15, -0.1) is 0 Å². The number of ether oxygens (including phenoxy) is 2. The van der Waals surface area contributed by atoms with E-state index in [-0.39, 0.29) is 63.4 Å². The summed E-state index contributed by atoms with van der Waals surface area (Å²) in [6.45, 7) is 10.5. The van der Waals surface area contributed by atoms with Gasteiger partial charge in [-0.2, -0.15) is 0 Å². The van der Waals surface area contributed by atoms with Crippen molar-refractivity contribution in [1.29, 1.82) is 0 Å². The molecule has 0 radical (unpaired) electrons. The van der Waals surface area contributed by atoms with E-state index in [9.17, 15) is 19.5 Å². The average Bonchev–Trinajstić information content (AvgIpc) is 3.10. The molecule has 0 aliphatic carbocycles. The molecule has 1 saturated heterocycles. The molecule has 2 N–H and O–H groups in total. The van der Waals surface area contributed by atoms with Crippen LogP contribution in [0.1, 0.15) is 62.3 Å². The maximum Gasteiger partial charge on any atom is 0.309 e. The maximum atomic E-state index is 14.8. The highest BCUT2D eigenvalue weighted by Gasteiger charge is 2.55. The van der Waals surface area contributed by atoms with Gasteiger partial charge in [-0.25, -0.2) is 0 Å². The number of nitrogens with zero attached hydrogens (tertiary/aromatic N) is 2. The molecule has 2 aliphatic rings. The molecule has 0 aromatic heterocycles. The van der Waals surface area contributed by atoms with E-state index in [1.807, 2.05) is 75.4 Å². The van der Waals surface area contributed by atoms with Gasteiger partial charge >= 0.3 is 5.97 Å². The zero-order valence-electron chi connectivity index (χ0n) is 29.7. The summed E-state index contributed by atoms with van der Waals surface area (Å²) >= 11 is 12.9. The Morgan fingerprint density at radius 2 is 1.71 bits per heavy atom. The second-order valence-electron chi connectivity index (χ2n) is 13.8. The SMILES string of the molecule is CCN(Cc1ccccc1Cl)C(=O)C1N(C(=O)CCC(C)(C)C(=O)O)C[C@@H]2C#CC[C@]1(c1ccc(OCCOc3cc(C)c(C)cc3Cl)cc1)N2. The molecule has 270 valence electrons. The monoisotopic (exact) mass is 733 g/mol. The molecule has 2 bridgehead atoms. The van der Waals surface area contributed by atoms with E-state index in [1.54, 1.807) is 29.7 Å². The molecule has 1 unspecified atom stereocenters. The summed E-state index contributed by atoms with van der Waals surface area (Å²) in [5.74, 6) is 6.15. The normalized spacial score (nSPS) is 19.5. The minimum absolute atomic E-state index is 0.0296. The molecule has 11 heteroatoms. The number of fused-ring (bicyclic) bond motifs is 2. The van der Waals surface area contributed by atoms with Crippen molar-refractivity contribution in [2.24, 2.45) is 5.41 Å². The van der Waals surface area contributed by atoms with Crippen molar-refractivity contribution in [3.05, 3.63) is 93.0 Å². The fourth-order valence-electron chi connectivity index (χ4n) is 6.53. The number of aryl methyl sites for hydroxylation is 2. The van der Waals surface area contributed by atoms with Crippen LogP contribution in [0, 0.1) is 31.1 Å². The maximum absolute atomic E-state index is 14.8. The van der Waals surface area contributed by atoms with Gasteiger partial charge in [0.25, 0.3) is 0 Å². The van der Waals surface area contributed by atoms with Crippen LogP contribution >= 0.6 is 23.2 Å². The lowest BCUT2D eigenvalue weighted by Gasteiger charge is -2.53. The minimum Gasteiger partial charge on any atom is -0.490 e. The Hall–Kier alpha value is -4.23. The largest absolute Gasteiger partial charge is 0.490 e. The third-order valence-electron chi connectivity index (χ3n) is 9.87. The lowest BCUT2D eigenvalue weighted by atomic mass is 9.74. The smallest absolute Gasteiger partial charge is 0.309 e. The van der Waals surface area contributed by atoms with Crippen molar-refractivity contribution >= 4 is 41.0 Å². The first kappa shape index (κ1) is 38.0. The summed E-state index contributed by atoms with van der Waals surface area (Å²) in [5, 5.41) is 14.5. The summed E-state index contributed by atoms with van der Waals surface area (Å²) in [7, 11) is 0. The second kappa shape index (κ2) is 16.0. The number of piperazine rings is 1. The standard InChI is InChI=1S/C40H45Cl2N3O6/c1-6-44(24-28-10-7-8-12-32(28)41)37(47)36-40(18-9-11-30(43-40)25-45(36)35(46)17-19-39(4,5)38(48)49)29-13-15-31(16-14-29)50-20-21-51-34-23-27(3)26(2)22-33(34)42/h7-8,10,12-16,22-23,30,36,43H,6,17-21,24-25H2,1-5H3,(H,48,49)/t30-,36?,40+/m0/s1. The van der Waals surface area contributed by atoms with Gasteiger partial charge in [0.2, 0.25) is 11.8 Å². The third-order valence-corrected chi connectivity index (χ3v) is 10.5. The van der Waals surface area contributed by atoms with Gasteiger partial charge in [0.1, 0.15) is 30.8 Å². The van der Waals surface area contributed by atoms with Gasteiger partial charge in [0, 0.05) is 37.5 Å². The van der Waals surface area contributed by atoms with Crippen molar-refractivity contribution in [1.82, 2.24) is 15.1 Å². The zero-order valence-corrected chi connectivity index (χ0v) is 31.2. The molecule has 0 spiro atoms. The van der Waals surface area contributed by atoms with Gasteiger partial charge in [0.15, 0.2) is 0 Å². The number of amides is 2. The Kier molecular flexibility index (Phi) is 11.9.